The van der Waals surface area contributed by atoms with Crippen molar-refractivity contribution in [3.63, 3.8) is 0 Å². The van der Waals surface area contributed by atoms with Crippen LogP contribution in [0.15, 0.2) is 23.1 Å². The molecule has 1 atom stereocenters. The van der Waals surface area contributed by atoms with Crippen molar-refractivity contribution in [1.29, 1.82) is 5.26 Å². The Morgan fingerprint density at radius 1 is 1.62 bits per heavy atom. The Morgan fingerprint density at radius 2 is 2.31 bits per heavy atom. The summed E-state index contributed by atoms with van der Waals surface area (Å²) in [6.07, 6.45) is 0. The first-order valence-electron chi connectivity index (χ1n) is 3.36. The first-order valence-corrected chi connectivity index (χ1v) is 4.44. The lowest BCUT2D eigenvalue weighted by atomic mass is 10.2. The fourth-order valence-electron chi connectivity index (χ4n) is 0.878. The normalized spacial score (nSPS) is 11.8. The van der Waals surface area contributed by atoms with Crippen molar-refractivity contribution >= 4 is 11.1 Å². The van der Waals surface area contributed by atoms with Crippen molar-refractivity contribution in [2.24, 2.45) is 0 Å². The van der Waals surface area contributed by atoms with Crippen LogP contribution in [0.4, 0.5) is 0 Å². The Morgan fingerprint density at radius 3 is 2.77 bits per heavy atom. The molecule has 5 heteroatoms. The van der Waals surface area contributed by atoms with E-state index in [2.05, 4.69) is 0 Å². The van der Waals surface area contributed by atoms with Gasteiger partial charge in [0.2, 0.25) is 0 Å². The van der Waals surface area contributed by atoms with E-state index in [1.165, 1.54) is 25.3 Å². The average Bonchev–Trinajstić information content (AvgIpc) is 2.16. The first kappa shape index (κ1) is 9.71. The molecular formula is C8H6NO3S-. The van der Waals surface area contributed by atoms with Gasteiger partial charge in [0.25, 0.3) is 0 Å². The molecule has 68 valence electrons. The number of benzene rings is 1. The number of ether oxygens (including phenoxy) is 1. The zero-order valence-electron chi connectivity index (χ0n) is 6.81. The molecule has 0 amide bonds. The van der Waals surface area contributed by atoms with Crippen molar-refractivity contribution in [1.82, 2.24) is 0 Å². The maximum atomic E-state index is 10.5. The molecule has 1 aromatic carbocycles. The SMILES string of the molecule is COc1ccc(S(=O)[O-])cc1C#N. The first-order chi connectivity index (χ1) is 6.19. The van der Waals surface area contributed by atoms with E-state index in [0.29, 0.717) is 5.75 Å². The quantitative estimate of drug-likeness (QED) is 0.656. The summed E-state index contributed by atoms with van der Waals surface area (Å²) in [6, 6.07) is 5.94. The Kier molecular flexibility index (Phi) is 3.01. The van der Waals surface area contributed by atoms with Crippen molar-refractivity contribution in [3.05, 3.63) is 23.8 Å². The largest absolute Gasteiger partial charge is 0.768 e. The van der Waals surface area contributed by atoms with Gasteiger partial charge in [-0.3, -0.25) is 4.21 Å². The van der Waals surface area contributed by atoms with Crippen LogP contribution in [0.1, 0.15) is 5.56 Å². The molecule has 4 nitrogen and oxygen atoms in total. The highest BCUT2D eigenvalue weighted by Gasteiger charge is 2.03. The summed E-state index contributed by atoms with van der Waals surface area (Å²) >= 11 is -2.31. The molecule has 0 aromatic heterocycles. The molecule has 1 aromatic rings. The summed E-state index contributed by atoms with van der Waals surface area (Å²) < 4.78 is 25.9. The van der Waals surface area contributed by atoms with E-state index in [1.54, 1.807) is 0 Å². The topological polar surface area (TPSA) is 73.2 Å². The van der Waals surface area contributed by atoms with Gasteiger partial charge in [-0.2, -0.15) is 5.26 Å². The Bertz CT molecular complexity index is 383. The van der Waals surface area contributed by atoms with Crippen LogP contribution in [0.3, 0.4) is 0 Å². The standard InChI is InChI=1S/C8H7NO3S/c1-12-8-3-2-7(13(10)11)4-6(8)5-9/h2-4H,1H3,(H,10,11)/p-1. The van der Waals surface area contributed by atoms with E-state index in [4.69, 9.17) is 10.00 Å². The van der Waals surface area contributed by atoms with Gasteiger partial charge in [0.1, 0.15) is 11.8 Å². The van der Waals surface area contributed by atoms with Gasteiger partial charge in [-0.1, -0.05) is 0 Å². The third-order valence-electron chi connectivity index (χ3n) is 1.48. The Labute approximate surface area is 78.0 Å². The van der Waals surface area contributed by atoms with Crippen LogP contribution in [0, 0.1) is 11.3 Å². The molecule has 13 heavy (non-hydrogen) atoms. The number of nitriles is 1. The van der Waals surface area contributed by atoms with Gasteiger partial charge in [-0.05, 0) is 29.3 Å². The van der Waals surface area contributed by atoms with Gasteiger partial charge < -0.3 is 9.29 Å². The summed E-state index contributed by atoms with van der Waals surface area (Å²) in [7, 11) is 1.42. The van der Waals surface area contributed by atoms with Crippen molar-refractivity contribution < 1.29 is 13.5 Å². The van der Waals surface area contributed by atoms with Crippen LogP contribution >= 0.6 is 0 Å². The van der Waals surface area contributed by atoms with Crippen LogP contribution < -0.4 is 4.74 Å². The second-order valence-corrected chi connectivity index (χ2v) is 3.15. The number of hydrogen-bond acceptors (Lipinski definition) is 4. The molecule has 0 heterocycles. The molecular weight excluding hydrogens is 190 g/mol. The third kappa shape index (κ3) is 2.05. The molecule has 0 spiro atoms. The lowest BCUT2D eigenvalue weighted by Gasteiger charge is -2.07. The molecule has 0 saturated heterocycles. The van der Waals surface area contributed by atoms with Crippen molar-refractivity contribution in [3.8, 4) is 11.8 Å². The zero-order valence-corrected chi connectivity index (χ0v) is 7.63. The second-order valence-electron chi connectivity index (χ2n) is 2.21. The van der Waals surface area contributed by atoms with Crippen LogP contribution in [-0.2, 0) is 11.1 Å². The van der Waals surface area contributed by atoms with E-state index < -0.39 is 11.1 Å². The molecule has 0 saturated carbocycles. The molecule has 0 aliphatic heterocycles. The minimum atomic E-state index is -2.31. The van der Waals surface area contributed by atoms with E-state index in [-0.39, 0.29) is 10.5 Å². The molecule has 0 aliphatic carbocycles. The van der Waals surface area contributed by atoms with Crippen LogP contribution in [0.25, 0.3) is 0 Å². The van der Waals surface area contributed by atoms with Crippen LogP contribution in [0.5, 0.6) is 5.75 Å². The zero-order chi connectivity index (χ0) is 9.84. The predicted molar refractivity (Wildman–Crippen MR) is 44.9 cm³/mol. The highest BCUT2D eigenvalue weighted by molar-refractivity contribution is 7.79. The number of methoxy groups -OCH3 is 1. The van der Waals surface area contributed by atoms with Crippen molar-refractivity contribution in [2.75, 3.05) is 7.11 Å². The molecule has 0 N–H and O–H groups in total. The lowest BCUT2D eigenvalue weighted by Crippen LogP contribution is -1.92. The summed E-state index contributed by atoms with van der Waals surface area (Å²) in [4.78, 5) is 0.0809. The molecule has 0 aliphatic rings. The second kappa shape index (κ2) is 4.03. The maximum Gasteiger partial charge on any atom is 0.136 e. The van der Waals surface area contributed by atoms with Gasteiger partial charge in [0, 0.05) is 4.90 Å². The molecule has 0 bridgehead atoms. The third-order valence-corrected chi connectivity index (χ3v) is 2.12. The monoisotopic (exact) mass is 196 g/mol. The van der Waals surface area contributed by atoms with E-state index in [1.807, 2.05) is 6.07 Å². The van der Waals surface area contributed by atoms with Crippen LogP contribution in [0.2, 0.25) is 0 Å². The van der Waals surface area contributed by atoms with E-state index in [9.17, 15) is 8.76 Å². The highest BCUT2D eigenvalue weighted by atomic mass is 32.2. The highest BCUT2D eigenvalue weighted by Crippen LogP contribution is 2.19. The van der Waals surface area contributed by atoms with Gasteiger partial charge >= 0.3 is 0 Å². The summed E-state index contributed by atoms with van der Waals surface area (Å²) in [6.45, 7) is 0. The van der Waals surface area contributed by atoms with Gasteiger partial charge in [0.15, 0.2) is 0 Å². The Hall–Kier alpha value is -1.38. The average molecular weight is 196 g/mol. The number of rotatable bonds is 2. The van der Waals surface area contributed by atoms with Gasteiger partial charge in [0.05, 0.1) is 12.7 Å². The maximum absolute atomic E-state index is 10.5. The predicted octanol–water partition coefficient (Wildman–Crippen LogP) is 0.805. The smallest absolute Gasteiger partial charge is 0.136 e. The van der Waals surface area contributed by atoms with E-state index in [0.717, 1.165) is 0 Å². The Balaban J connectivity index is 3.23. The van der Waals surface area contributed by atoms with Gasteiger partial charge in [-0.25, -0.2) is 0 Å². The number of nitrogens with zero attached hydrogens (tertiary/aromatic N) is 1. The number of hydrogen-bond donors (Lipinski definition) is 0. The summed E-state index contributed by atoms with van der Waals surface area (Å²) in [5.41, 5.74) is 0.212. The van der Waals surface area contributed by atoms with Gasteiger partial charge in [-0.15, -0.1) is 0 Å². The van der Waals surface area contributed by atoms with Crippen LogP contribution in [-0.4, -0.2) is 15.9 Å². The molecule has 1 unspecified atom stereocenters. The summed E-state index contributed by atoms with van der Waals surface area (Å²) in [5.74, 6) is 0.372. The summed E-state index contributed by atoms with van der Waals surface area (Å²) in [5, 5.41) is 8.62. The molecule has 0 radical (unpaired) electrons. The minimum absolute atomic E-state index is 0.0809. The fraction of sp³-hybridized carbons (Fsp3) is 0.125. The lowest BCUT2D eigenvalue weighted by molar-refractivity contribution is 0.413. The fourth-order valence-corrected chi connectivity index (χ4v) is 1.27. The molecule has 1 rings (SSSR count). The van der Waals surface area contributed by atoms with E-state index >= 15 is 0 Å². The minimum Gasteiger partial charge on any atom is -0.768 e. The molecule has 0 fully saturated rings. The van der Waals surface area contributed by atoms with Crippen molar-refractivity contribution in [2.45, 2.75) is 4.90 Å².